The van der Waals surface area contributed by atoms with Crippen LogP contribution in [0.4, 0.5) is 11.6 Å². The van der Waals surface area contributed by atoms with Crippen molar-refractivity contribution in [2.24, 2.45) is 0 Å². The van der Waals surface area contributed by atoms with Crippen molar-refractivity contribution in [3.8, 4) is 11.5 Å². The van der Waals surface area contributed by atoms with Crippen LogP contribution in [-0.4, -0.2) is 19.1 Å². The first-order chi connectivity index (χ1) is 15.9. The Morgan fingerprint density at radius 3 is 2.27 bits per heavy atom. The number of rotatable bonds is 7. The van der Waals surface area contributed by atoms with Crippen molar-refractivity contribution in [1.82, 2.24) is 19.1 Å². The van der Waals surface area contributed by atoms with E-state index < -0.39 is 11.4 Å². The minimum Gasteiger partial charge on any atom is -0.456 e. The summed E-state index contributed by atoms with van der Waals surface area (Å²) in [6.45, 7) is 2.13. The first-order valence-electron chi connectivity index (χ1n) is 10.1. The first kappa shape index (κ1) is 22.1. The zero-order valence-electron chi connectivity index (χ0n) is 17.6. The lowest BCUT2D eigenvalue weighted by atomic mass is 10.2. The van der Waals surface area contributed by atoms with E-state index in [1.165, 1.54) is 16.8 Å². The van der Waals surface area contributed by atoms with Gasteiger partial charge in [-0.1, -0.05) is 23.7 Å². The van der Waals surface area contributed by atoms with Gasteiger partial charge in [0.15, 0.2) is 0 Å². The van der Waals surface area contributed by atoms with E-state index in [9.17, 15) is 14.4 Å². The topological polar surface area (TPSA) is 111 Å². The van der Waals surface area contributed by atoms with Crippen LogP contribution in [-0.2, 0) is 13.1 Å². The third-order valence-corrected chi connectivity index (χ3v) is 5.07. The molecule has 2 aromatic heterocycles. The molecule has 0 fully saturated rings. The van der Waals surface area contributed by atoms with Crippen molar-refractivity contribution in [2.75, 3.05) is 5.32 Å². The number of nitrogens with zero attached hydrogens (tertiary/aromatic N) is 3. The smallest absolute Gasteiger partial charge is 0.354 e. The first-order valence-corrected chi connectivity index (χ1v) is 10.5. The fourth-order valence-electron chi connectivity index (χ4n) is 3.14. The summed E-state index contributed by atoms with van der Waals surface area (Å²) in [4.78, 5) is 43.1. The van der Waals surface area contributed by atoms with Gasteiger partial charge in [0.05, 0.1) is 6.54 Å². The Bertz CT molecular complexity index is 1420. The van der Waals surface area contributed by atoms with Gasteiger partial charge in [-0.15, -0.1) is 0 Å². The van der Waals surface area contributed by atoms with Gasteiger partial charge in [0.2, 0.25) is 11.5 Å². The molecule has 0 radical (unpaired) electrons. The molecule has 33 heavy (non-hydrogen) atoms. The summed E-state index contributed by atoms with van der Waals surface area (Å²) in [6, 6.07) is 16.9. The molecule has 0 aliphatic heterocycles. The number of anilines is 2. The van der Waals surface area contributed by atoms with Gasteiger partial charge in [-0.05, 0) is 55.0 Å². The summed E-state index contributed by atoms with van der Waals surface area (Å²) in [5, 5.41) is 3.63. The van der Waals surface area contributed by atoms with Crippen LogP contribution in [0.5, 0.6) is 11.5 Å². The van der Waals surface area contributed by atoms with E-state index >= 15 is 0 Å². The van der Waals surface area contributed by atoms with Gasteiger partial charge in [0.25, 0.3) is 0 Å². The van der Waals surface area contributed by atoms with E-state index in [-0.39, 0.29) is 24.6 Å². The number of ether oxygens (including phenoxy) is 1. The summed E-state index contributed by atoms with van der Waals surface area (Å²) >= 11 is 5.96. The summed E-state index contributed by atoms with van der Waals surface area (Å²) in [5.74, 6) is 1.15. The fraction of sp³-hybridized carbons (Fsp3) is 0.130. The summed E-state index contributed by atoms with van der Waals surface area (Å²) in [6.07, 6.45) is 1.47. The van der Waals surface area contributed by atoms with Gasteiger partial charge in [-0.25, -0.2) is 14.2 Å². The maximum atomic E-state index is 13.0. The van der Waals surface area contributed by atoms with Crippen LogP contribution in [0, 0.1) is 0 Å². The van der Waals surface area contributed by atoms with Crippen molar-refractivity contribution in [3.63, 3.8) is 0 Å². The van der Waals surface area contributed by atoms with Crippen LogP contribution in [0.25, 0.3) is 0 Å². The number of hydrogen-bond acceptors (Lipinski definition) is 6. The predicted molar refractivity (Wildman–Crippen MR) is 126 cm³/mol. The number of halogens is 1. The highest BCUT2D eigenvalue weighted by Crippen LogP contribution is 2.23. The molecule has 0 bridgehead atoms. The van der Waals surface area contributed by atoms with Crippen molar-refractivity contribution >= 4 is 23.2 Å². The van der Waals surface area contributed by atoms with Gasteiger partial charge in [0.1, 0.15) is 11.5 Å². The van der Waals surface area contributed by atoms with Crippen LogP contribution < -0.4 is 27.0 Å². The van der Waals surface area contributed by atoms with Crippen molar-refractivity contribution in [2.45, 2.75) is 20.0 Å². The summed E-state index contributed by atoms with van der Waals surface area (Å²) in [5.41, 5.74) is 0.124. The highest BCUT2D eigenvalue weighted by Gasteiger charge is 2.13. The standard InChI is InChI=1S/C23H20ClN5O4/c1-2-28-22(31)27-21(29(23(28)32)14-15-3-5-16(24)6-4-15)26-17-7-9-18(10-8-17)33-19-11-12-20(30)25-13-19/h3-13H,2,14H2,1H3,(H,25,30)(H,26,27,31). The van der Waals surface area contributed by atoms with Crippen molar-refractivity contribution < 1.29 is 4.74 Å². The maximum absolute atomic E-state index is 13.0. The highest BCUT2D eigenvalue weighted by molar-refractivity contribution is 6.30. The van der Waals surface area contributed by atoms with Gasteiger partial charge >= 0.3 is 11.4 Å². The molecule has 4 aromatic rings. The second kappa shape index (κ2) is 9.58. The number of aromatic amines is 1. The molecule has 168 valence electrons. The Morgan fingerprint density at radius 2 is 1.64 bits per heavy atom. The van der Waals surface area contributed by atoms with Crippen LogP contribution in [0.1, 0.15) is 12.5 Å². The van der Waals surface area contributed by atoms with E-state index in [4.69, 9.17) is 16.3 Å². The minimum atomic E-state index is -0.629. The van der Waals surface area contributed by atoms with Gasteiger partial charge in [0, 0.05) is 29.5 Å². The Morgan fingerprint density at radius 1 is 0.939 bits per heavy atom. The average Bonchev–Trinajstić information content (AvgIpc) is 2.81. The number of aromatic nitrogens is 4. The van der Waals surface area contributed by atoms with Gasteiger partial charge < -0.3 is 15.0 Å². The predicted octanol–water partition coefficient (Wildman–Crippen LogP) is 3.35. The Kier molecular flexibility index (Phi) is 6.41. The van der Waals surface area contributed by atoms with Gasteiger partial charge in [-0.3, -0.25) is 9.36 Å². The molecular formula is C23H20ClN5O4. The number of benzene rings is 2. The second-order valence-electron chi connectivity index (χ2n) is 7.10. The lowest BCUT2D eigenvalue weighted by molar-refractivity contribution is 0.480. The molecule has 9 nitrogen and oxygen atoms in total. The number of hydrogen-bond donors (Lipinski definition) is 2. The Balaban J connectivity index is 1.62. The summed E-state index contributed by atoms with van der Waals surface area (Å²) in [7, 11) is 0. The van der Waals surface area contributed by atoms with E-state index in [1.54, 1.807) is 49.4 Å². The van der Waals surface area contributed by atoms with Crippen LogP contribution in [0.3, 0.4) is 0 Å². The van der Waals surface area contributed by atoms with Crippen LogP contribution in [0.15, 0.2) is 81.2 Å². The molecule has 4 rings (SSSR count). The number of H-pyrrole nitrogens is 1. The molecular weight excluding hydrogens is 446 g/mol. The lowest BCUT2D eigenvalue weighted by Gasteiger charge is -2.15. The molecule has 0 aliphatic carbocycles. The average molecular weight is 466 g/mol. The maximum Gasteiger partial charge on any atom is 0.354 e. The molecule has 2 aromatic carbocycles. The monoisotopic (exact) mass is 465 g/mol. The third kappa shape index (κ3) is 5.21. The molecule has 2 heterocycles. The molecule has 0 amide bonds. The number of nitrogens with one attached hydrogen (secondary N) is 2. The van der Waals surface area contributed by atoms with E-state index in [1.807, 2.05) is 12.1 Å². The second-order valence-corrected chi connectivity index (χ2v) is 7.53. The minimum absolute atomic E-state index is 0.124. The molecule has 0 unspecified atom stereocenters. The Labute approximate surface area is 192 Å². The molecule has 0 aliphatic rings. The van der Waals surface area contributed by atoms with Crippen LogP contribution in [0.2, 0.25) is 5.02 Å². The SMILES string of the molecule is CCn1c(=O)nc(Nc2ccc(Oc3ccc(=O)[nH]c3)cc2)n(Cc2ccc(Cl)cc2)c1=O. The quantitative estimate of drug-likeness (QED) is 0.433. The van der Waals surface area contributed by atoms with E-state index in [2.05, 4.69) is 15.3 Å². The highest BCUT2D eigenvalue weighted by atomic mass is 35.5. The molecule has 10 heteroatoms. The van der Waals surface area contributed by atoms with Crippen LogP contribution >= 0.6 is 11.6 Å². The molecule has 2 N–H and O–H groups in total. The summed E-state index contributed by atoms with van der Waals surface area (Å²) < 4.78 is 8.16. The zero-order valence-corrected chi connectivity index (χ0v) is 18.4. The Hall–Kier alpha value is -4.11. The molecule has 0 saturated heterocycles. The normalized spacial score (nSPS) is 10.7. The molecule has 0 atom stereocenters. The molecule has 0 spiro atoms. The molecule has 0 saturated carbocycles. The third-order valence-electron chi connectivity index (χ3n) is 4.82. The van der Waals surface area contributed by atoms with E-state index in [0.717, 1.165) is 10.1 Å². The lowest BCUT2D eigenvalue weighted by Crippen LogP contribution is -2.42. The van der Waals surface area contributed by atoms with E-state index in [0.29, 0.717) is 22.2 Å². The fourth-order valence-corrected chi connectivity index (χ4v) is 3.27. The van der Waals surface area contributed by atoms with Crippen molar-refractivity contribution in [3.05, 3.63) is 109 Å². The zero-order chi connectivity index (χ0) is 23.4. The largest absolute Gasteiger partial charge is 0.456 e. The number of pyridine rings is 1. The van der Waals surface area contributed by atoms with Gasteiger partial charge in [-0.2, -0.15) is 4.98 Å². The van der Waals surface area contributed by atoms with Crippen molar-refractivity contribution in [1.29, 1.82) is 0 Å².